The molecule has 1 aliphatic carbocycles. The highest BCUT2D eigenvalue weighted by atomic mass is 19.3. The predicted octanol–water partition coefficient (Wildman–Crippen LogP) is 4.81. The number of hydrogen-bond donors (Lipinski definition) is 1. The molecule has 1 unspecified atom stereocenters. The van der Waals surface area contributed by atoms with Gasteiger partial charge in [0.1, 0.15) is 17.2 Å². The van der Waals surface area contributed by atoms with Crippen molar-refractivity contribution in [2.45, 2.75) is 50.6 Å². The lowest BCUT2D eigenvalue weighted by atomic mass is 10.1. The number of nitrogens with zero attached hydrogens (tertiary/aromatic N) is 5. The first-order valence-electron chi connectivity index (χ1n) is 11.3. The van der Waals surface area contributed by atoms with Crippen molar-refractivity contribution < 1.29 is 13.5 Å². The van der Waals surface area contributed by atoms with Gasteiger partial charge in [0.05, 0.1) is 36.9 Å². The van der Waals surface area contributed by atoms with Crippen molar-refractivity contribution in [1.29, 1.82) is 0 Å². The summed E-state index contributed by atoms with van der Waals surface area (Å²) in [5, 5.41) is 7.46. The van der Waals surface area contributed by atoms with E-state index in [-0.39, 0.29) is 6.42 Å². The lowest BCUT2D eigenvalue weighted by molar-refractivity contribution is -0.000686. The number of anilines is 1. The van der Waals surface area contributed by atoms with Crippen LogP contribution < -0.4 is 10.1 Å². The molecule has 7 nitrogen and oxygen atoms in total. The number of aromatic nitrogens is 5. The molecular weight excluding hydrogens is 426 g/mol. The lowest BCUT2D eigenvalue weighted by Gasteiger charge is -2.21. The van der Waals surface area contributed by atoms with Crippen molar-refractivity contribution in [1.82, 2.24) is 24.1 Å². The van der Waals surface area contributed by atoms with Gasteiger partial charge in [0.25, 0.3) is 5.92 Å². The summed E-state index contributed by atoms with van der Waals surface area (Å²) in [6.07, 6.45) is 8.57. The molecule has 170 valence electrons. The Kier molecular flexibility index (Phi) is 4.60. The standard InChI is InChI=1S/C24H24F2N6O/c1-33-20-11-23-27-13-19(31(23)14-16(20)15-12-28-32-10-4-6-18(15)32)17-5-2-8-22(29-17)30-21-7-3-9-24(21,25)26/h2,5,8,11-14,21H,3-4,6-7,9-10H2,1H3,(H,29,30). The summed E-state index contributed by atoms with van der Waals surface area (Å²) in [5.41, 5.74) is 5.35. The number of alkyl halides is 2. The molecule has 2 aliphatic rings. The number of ether oxygens (including phenoxy) is 1. The average Bonchev–Trinajstić information content (AvgIpc) is 3.57. The highest BCUT2D eigenvalue weighted by Crippen LogP contribution is 2.38. The van der Waals surface area contributed by atoms with E-state index < -0.39 is 12.0 Å². The second-order valence-electron chi connectivity index (χ2n) is 8.72. The van der Waals surface area contributed by atoms with E-state index in [1.807, 2.05) is 39.7 Å². The van der Waals surface area contributed by atoms with Crippen molar-refractivity contribution in [3.05, 3.63) is 48.5 Å². The molecule has 0 aromatic carbocycles. The average molecular weight is 450 g/mol. The molecule has 4 aromatic heterocycles. The molecule has 1 aliphatic heterocycles. The molecule has 9 heteroatoms. The van der Waals surface area contributed by atoms with Gasteiger partial charge < -0.3 is 10.1 Å². The first-order chi connectivity index (χ1) is 16.0. The van der Waals surface area contributed by atoms with Crippen molar-refractivity contribution in [2.24, 2.45) is 0 Å². The van der Waals surface area contributed by atoms with Crippen LogP contribution in [0.1, 0.15) is 31.4 Å². The molecule has 33 heavy (non-hydrogen) atoms. The van der Waals surface area contributed by atoms with Crippen LogP contribution in [0.5, 0.6) is 5.75 Å². The number of hydrogen-bond acceptors (Lipinski definition) is 5. The second kappa shape index (κ2) is 7.54. The Morgan fingerprint density at radius 1 is 1.18 bits per heavy atom. The molecule has 0 saturated heterocycles. The number of rotatable bonds is 5. The van der Waals surface area contributed by atoms with E-state index in [0.717, 1.165) is 47.6 Å². The Morgan fingerprint density at radius 2 is 2.09 bits per heavy atom. The number of methoxy groups -OCH3 is 1. The quantitative estimate of drug-likeness (QED) is 0.472. The van der Waals surface area contributed by atoms with E-state index in [0.29, 0.717) is 24.4 Å². The van der Waals surface area contributed by atoms with Crippen molar-refractivity contribution >= 4 is 11.5 Å². The van der Waals surface area contributed by atoms with Crippen LogP contribution in [0, 0.1) is 0 Å². The molecule has 4 aromatic rings. The van der Waals surface area contributed by atoms with Crippen LogP contribution in [0.15, 0.2) is 42.9 Å². The fourth-order valence-corrected chi connectivity index (χ4v) is 5.00. The first kappa shape index (κ1) is 20.1. The smallest absolute Gasteiger partial charge is 0.267 e. The van der Waals surface area contributed by atoms with Gasteiger partial charge in [-0.15, -0.1) is 0 Å². The van der Waals surface area contributed by atoms with Crippen LogP contribution in [-0.4, -0.2) is 43.2 Å². The number of aryl methyl sites for hydroxylation is 1. The van der Waals surface area contributed by atoms with E-state index in [1.165, 1.54) is 5.69 Å². The zero-order valence-electron chi connectivity index (χ0n) is 18.3. The largest absolute Gasteiger partial charge is 0.496 e. The predicted molar refractivity (Wildman–Crippen MR) is 121 cm³/mol. The van der Waals surface area contributed by atoms with E-state index in [2.05, 4.69) is 20.4 Å². The molecule has 5 heterocycles. The summed E-state index contributed by atoms with van der Waals surface area (Å²) in [7, 11) is 1.65. The molecule has 1 saturated carbocycles. The first-order valence-corrected chi connectivity index (χ1v) is 11.3. The molecule has 0 radical (unpaired) electrons. The third kappa shape index (κ3) is 3.34. The fourth-order valence-electron chi connectivity index (χ4n) is 5.00. The van der Waals surface area contributed by atoms with Crippen LogP contribution in [-0.2, 0) is 13.0 Å². The Morgan fingerprint density at radius 3 is 2.91 bits per heavy atom. The summed E-state index contributed by atoms with van der Waals surface area (Å²) in [6, 6.07) is 6.43. The molecule has 6 rings (SSSR count). The minimum absolute atomic E-state index is 0.0825. The molecule has 1 fully saturated rings. The highest BCUT2D eigenvalue weighted by Gasteiger charge is 2.43. The Hall–Kier alpha value is -3.49. The van der Waals surface area contributed by atoms with Gasteiger partial charge in [-0.3, -0.25) is 9.08 Å². The fraction of sp³-hybridized carbons (Fsp3) is 0.375. The third-order valence-electron chi connectivity index (χ3n) is 6.70. The number of imidazole rings is 1. The van der Waals surface area contributed by atoms with E-state index >= 15 is 0 Å². The molecule has 0 spiro atoms. The third-order valence-corrected chi connectivity index (χ3v) is 6.70. The summed E-state index contributed by atoms with van der Waals surface area (Å²) in [4.78, 5) is 9.17. The summed E-state index contributed by atoms with van der Waals surface area (Å²) in [5.74, 6) is -1.54. The van der Waals surface area contributed by atoms with Crippen LogP contribution >= 0.6 is 0 Å². The summed E-state index contributed by atoms with van der Waals surface area (Å²) < 4.78 is 37.9. The zero-order valence-corrected chi connectivity index (χ0v) is 18.3. The lowest BCUT2D eigenvalue weighted by Crippen LogP contribution is -2.34. The Bertz CT molecular complexity index is 1340. The van der Waals surface area contributed by atoms with Gasteiger partial charge in [-0.05, 0) is 37.8 Å². The van der Waals surface area contributed by atoms with Crippen LogP contribution in [0.2, 0.25) is 0 Å². The topological polar surface area (TPSA) is 69.3 Å². The summed E-state index contributed by atoms with van der Waals surface area (Å²) in [6.45, 7) is 0.931. The number of nitrogens with one attached hydrogen (secondary N) is 1. The number of fused-ring (bicyclic) bond motifs is 2. The van der Waals surface area contributed by atoms with Gasteiger partial charge in [-0.25, -0.2) is 18.7 Å². The second-order valence-corrected chi connectivity index (χ2v) is 8.72. The maximum absolute atomic E-state index is 14.1. The summed E-state index contributed by atoms with van der Waals surface area (Å²) >= 11 is 0. The normalized spacial score (nSPS) is 19.2. The zero-order chi connectivity index (χ0) is 22.6. The highest BCUT2D eigenvalue weighted by molar-refractivity contribution is 5.75. The number of halogens is 2. The monoisotopic (exact) mass is 450 g/mol. The minimum Gasteiger partial charge on any atom is -0.496 e. The van der Waals surface area contributed by atoms with E-state index in [9.17, 15) is 8.78 Å². The van der Waals surface area contributed by atoms with Crippen LogP contribution in [0.25, 0.3) is 28.2 Å². The van der Waals surface area contributed by atoms with E-state index in [4.69, 9.17) is 4.74 Å². The van der Waals surface area contributed by atoms with Gasteiger partial charge in [0.2, 0.25) is 0 Å². The maximum Gasteiger partial charge on any atom is 0.267 e. The van der Waals surface area contributed by atoms with Gasteiger partial charge >= 0.3 is 0 Å². The van der Waals surface area contributed by atoms with Crippen molar-refractivity contribution in [3.8, 4) is 28.3 Å². The minimum atomic E-state index is -2.71. The van der Waals surface area contributed by atoms with Gasteiger partial charge in [0, 0.05) is 42.0 Å². The Labute approximate surface area is 189 Å². The molecule has 1 N–H and O–H groups in total. The van der Waals surface area contributed by atoms with Crippen molar-refractivity contribution in [2.75, 3.05) is 12.4 Å². The van der Waals surface area contributed by atoms with Crippen LogP contribution in [0.4, 0.5) is 14.6 Å². The maximum atomic E-state index is 14.1. The van der Waals surface area contributed by atoms with Gasteiger partial charge in [-0.2, -0.15) is 5.10 Å². The van der Waals surface area contributed by atoms with E-state index in [1.54, 1.807) is 19.4 Å². The SMILES string of the molecule is COc1cc2ncc(-c3cccc(NC4CCCC4(F)F)n3)n2cc1-c1cnn2c1CCC2. The molecule has 0 amide bonds. The van der Waals surface area contributed by atoms with Crippen LogP contribution in [0.3, 0.4) is 0 Å². The van der Waals surface area contributed by atoms with Gasteiger partial charge in [0.15, 0.2) is 0 Å². The van der Waals surface area contributed by atoms with Gasteiger partial charge in [-0.1, -0.05) is 6.07 Å². The molecular formula is C24H24F2N6O. The number of pyridine rings is 2. The molecule has 0 bridgehead atoms. The molecule has 1 atom stereocenters. The van der Waals surface area contributed by atoms with Crippen molar-refractivity contribution in [3.63, 3.8) is 0 Å². The Balaban J connectivity index is 1.41.